The number of rotatable bonds is 5. The van der Waals surface area contributed by atoms with Crippen LogP contribution in [0.25, 0.3) is 0 Å². The molecule has 4 nitrogen and oxygen atoms in total. The van der Waals surface area contributed by atoms with Crippen molar-refractivity contribution in [2.24, 2.45) is 0 Å². The molecule has 0 radical (unpaired) electrons. The van der Waals surface area contributed by atoms with Crippen LogP contribution in [0.15, 0.2) is 23.1 Å². The molecule has 0 bridgehead atoms. The molecule has 1 aliphatic carbocycles. The quantitative estimate of drug-likeness (QED) is 0.832. The molecule has 0 atom stereocenters. The lowest BCUT2D eigenvalue weighted by Gasteiger charge is -2.21. The monoisotopic (exact) mass is 282 g/mol. The van der Waals surface area contributed by atoms with Crippen LogP contribution in [0.3, 0.4) is 0 Å². The first-order valence-corrected chi connectivity index (χ1v) is 7.66. The first-order chi connectivity index (χ1) is 9.00. The Bertz CT molecular complexity index is 618. The van der Waals surface area contributed by atoms with Gasteiger partial charge in [0.25, 0.3) is 0 Å². The second kappa shape index (κ2) is 5.27. The van der Waals surface area contributed by atoms with Gasteiger partial charge in [0.1, 0.15) is 11.9 Å². The number of halogens is 1. The fourth-order valence-corrected chi connectivity index (χ4v) is 3.77. The zero-order valence-corrected chi connectivity index (χ0v) is 11.5. The van der Waals surface area contributed by atoms with E-state index in [-0.39, 0.29) is 16.5 Å². The van der Waals surface area contributed by atoms with E-state index < -0.39 is 15.8 Å². The highest BCUT2D eigenvalue weighted by Crippen LogP contribution is 2.32. The van der Waals surface area contributed by atoms with E-state index in [9.17, 15) is 12.8 Å². The van der Waals surface area contributed by atoms with E-state index in [4.69, 9.17) is 5.26 Å². The largest absolute Gasteiger partial charge is 0.243 e. The Balaban J connectivity index is 2.40. The topological polar surface area (TPSA) is 61.2 Å². The zero-order chi connectivity index (χ0) is 14.0. The molecule has 0 amide bonds. The predicted molar refractivity (Wildman–Crippen MR) is 68.3 cm³/mol. The van der Waals surface area contributed by atoms with Crippen LogP contribution in [0, 0.1) is 17.1 Å². The number of hydrogen-bond acceptors (Lipinski definition) is 3. The highest BCUT2D eigenvalue weighted by Gasteiger charge is 2.37. The van der Waals surface area contributed by atoms with Gasteiger partial charge in [-0.05, 0) is 37.5 Å². The van der Waals surface area contributed by atoms with Gasteiger partial charge in [0, 0.05) is 12.6 Å². The zero-order valence-electron chi connectivity index (χ0n) is 10.6. The van der Waals surface area contributed by atoms with Gasteiger partial charge in [-0.15, -0.1) is 0 Å². The molecular formula is C13H15FN2O2S. The van der Waals surface area contributed by atoms with Crippen LogP contribution in [0.5, 0.6) is 0 Å². The second-order valence-corrected chi connectivity index (χ2v) is 6.49. The third-order valence-electron chi connectivity index (χ3n) is 3.06. The summed E-state index contributed by atoms with van der Waals surface area (Å²) in [6, 6.07) is 5.08. The van der Waals surface area contributed by atoms with Crippen molar-refractivity contribution in [2.75, 3.05) is 6.54 Å². The molecule has 19 heavy (non-hydrogen) atoms. The summed E-state index contributed by atoms with van der Waals surface area (Å²) in [5.41, 5.74) is -0.242. The minimum atomic E-state index is -3.63. The van der Waals surface area contributed by atoms with Crippen LogP contribution in [0.1, 0.15) is 31.7 Å². The van der Waals surface area contributed by atoms with E-state index in [0.29, 0.717) is 6.54 Å². The van der Waals surface area contributed by atoms with Gasteiger partial charge < -0.3 is 0 Å². The van der Waals surface area contributed by atoms with Crippen molar-refractivity contribution in [3.63, 3.8) is 0 Å². The van der Waals surface area contributed by atoms with E-state index in [1.165, 1.54) is 10.4 Å². The molecule has 1 aliphatic rings. The average molecular weight is 282 g/mol. The van der Waals surface area contributed by atoms with Gasteiger partial charge in [-0.2, -0.15) is 9.57 Å². The number of sulfonamides is 1. The molecule has 0 unspecified atom stereocenters. The van der Waals surface area contributed by atoms with Gasteiger partial charge in [-0.25, -0.2) is 12.8 Å². The number of benzene rings is 1. The van der Waals surface area contributed by atoms with E-state index in [1.807, 2.05) is 6.92 Å². The van der Waals surface area contributed by atoms with Crippen molar-refractivity contribution >= 4 is 10.0 Å². The average Bonchev–Trinajstić information content (AvgIpc) is 3.20. The summed E-state index contributed by atoms with van der Waals surface area (Å²) in [5.74, 6) is -0.699. The Morgan fingerprint density at radius 3 is 2.68 bits per heavy atom. The fourth-order valence-electron chi connectivity index (χ4n) is 1.97. The van der Waals surface area contributed by atoms with Crippen molar-refractivity contribution in [3.8, 4) is 6.07 Å². The summed E-state index contributed by atoms with van der Waals surface area (Å²) >= 11 is 0. The summed E-state index contributed by atoms with van der Waals surface area (Å²) in [6.45, 7) is 2.36. The minimum absolute atomic E-state index is 0.00852. The van der Waals surface area contributed by atoms with Gasteiger partial charge >= 0.3 is 0 Å². The van der Waals surface area contributed by atoms with E-state index in [1.54, 1.807) is 6.07 Å². The number of hydrogen-bond donors (Lipinski definition) is 0. The second-order valence-electron chi connectivity index (χ2n) is 4.60. The van der Waals surface area contributed by atoms with Gasteiger partial charge in [-0.3, -0.25) is 0 Å². The van der Waals surface area contributed by atoms with Crippen molar-refractivity contribution in [1.82, 2.24) is 4.31 Å². The Hall–Kier alpha value is -1.45. The molecule has 2 rings (SSSR count). The SMILES string of the molecule is CCCN(C1CC1)S(=O)(=O)c1ccc(F)c(C#N)c1. The standard InChI is InChI=1S/C13H15FN2O2S/c1-2-7-16(11-3-4-11)19(17,18)12-5-6-13(14)10(8-12)9-15/h5-6,8,11H,2-4,7H2,1H3. The third-order valence-corrected chi connectivity index (χ3v) is 5.01. The molecule has 1 aromatic carbocycles. The molecule has 0 spiro atoms. The van der Waals surface area contributed by atoms with Gasteiger partial charge in [0.05, 0.1) is 10.5 Å². The maximum atomic E-state index is 13.2. The van der Waals surface area contributed by atoms with Crippen LogP contribution in [0.2, 0.25) is 0 Å². The van der Waals surface area contributed by atoms with Crippen molar-refractivity contribution < 1.29 is 12.8 Å². The first kappa shape index (κ1) is 14.0. The first-order valence-electron chi connectivity index (χ1n) is 6.22. The molecule has 6 heteroatoms. The summed E-state index contributed by atoms with van der Waals surface area (Å²) < 4.78 is 39.7. The predicted octanol–water partition coefficient (Wildman–Crippen LogP) is 2.26. The normalized spacial score (nSPS) is 15.5. The van der Waals surface area contributed by atoms with Gasteiger partial charge in [-0.1, -0.05) is 6.92 Å². The maximum Gasteiger partial charge on any atom is 0.243 e. The Morgan fingerprint density at radius 2 is 2.16 bits per heavy atom. The molecule has 1 fully saturated rings. The summed E-state index contributed by atoms with van der Waals surface area (Å²) in [5, 5.41) is 8.77. The van der Waals surface area contributed by atoms with Crippen LogP contribution in [-0.4, -0.2) is 25.3 Å². The number of nitriles is 1. The molecule has 0 saturated heterocycles. The molecule has 0 heterocycles. The van der Waals surface area contributed by atoms with Crippen LogP contribution >= 0.6 is 0 Å². The lowest BCUT2D eigenvalue weighted by atomic mass is 10.2. The molecule has 1 aromatic rings. The molecule has 1 saturated carbocycles. The molecule has 0 N–H and O–H groups in total. The highest BCUT2D eigenvalue weighted by molar-refractivity contribution is 7.89. The van der Waals surface area contributed by atoms with E-state index in [0.717, 1.165) is 31.4 Å². The van der Waals surface area contributed by atoms with Crippen molar-refractivity contribution in [3.05, 3.63) is 29.6 Å². The van der Waals surface area contributed by atoms with Crippen LogP contribution in [-0.2, 0) is 10.0 Å². The van der Waals surface area contributed by atoms with E-state index in [2.05, 4.69) is 0 Å². The third kappa shape index (κ3) is 2.77. The summed E-state index contributed by atoms with van der Waals surface area (Å²) in [6.07, 6.45) is 2.46. The Labute approximate surface area is 112 Å². The fraction of sp³-hybridized carbons (Fsp3) is 0.462. The van der Waals surface area contributed by atoms with E-state index >= 15 is 0 Å². The maximum absolute atomic E-state index is 13.2. The van der Waals surface area contributed by atoms with Gasteiger partial charge in [0.2, 0.25) is 10.0 Å². The summed E-state index contributed by atoms with van der Waals surface area (Å²) in [4.78, 5) is -0.00852. The van der Waals surface area contributed by atoms with Crippen LogP contribution < -0.4 is 0 Å². The minimum Gasteiger partial charge on any atom is -0.207 e. The molecule has 0 aliphatic heterocycles. The lowest BCUT2D eigenvalue weighted by Crippen LogP contribution is -2.33. The molecule has 0 aromatic heterocycles. The molecule has 102 valence electrons. The highest BCUT2D eigenvalue weighted by atomic mass is 32.2. The van der Waals surface area contributed by atoms with Crippen molar-refractivity contribution in [1.29, 1.82) is 5.26 Å². The Morgan fingerprint density at radius 1 is 1.47 bits per heavy atom. The van der Waals surface area contributed by atoms with Crippen LogP contribution in [0.4, 0.5) is 4.39 Å². The van der Waals surface area contributed by atoms with Gasteiger partial charge in [0.15, 0.2) is 0 Å². The lowest BCUT2D eigenvalue weighted by molar-refractivity contribution is 0.403. The summed E-state index contributed by atoms with van der Waals surface area (Å²) in [7, 11) is -3.63. The number of nitrogens with zero attached hydrogens (tertiary/aromatic N) is 2. The van der Waals surface area contributed by atoms with Crippen molar-refractivity contribution in [2.45, 2.75) is 37.1 Å². The Kier molecular flexibility index (Phi) is 3.88. The smallest absolute Gasteiger partial charge is 0.207 e. The molecular weight excluding hydrogens is 267 g/mol.